The summed E-state index contributed by atoms with van der Waals surface area (Å²) in [6.45, 7) is 10.5. The highest BCUT2D eigenvalue weighted by Crippen LogP contribution is 2.37. The zero-order valence-corrected chi connectivity index (χ0v) is 14.7. The molecule has 2 saturated heterocycles. The largest absolute Gasteiger partial charge is 0.495 e. The van der Waals surface area contributed by atoms with Crippen molar-refractivity contribution >= 4 is 24.2 Å². The molecule has 0 unspecified atom stereocenters. The molecule has 1 aromatic carbocycles. The van der Waals surface area contributed by atoms with Gasteiger partial charge in [-0.25, -0.2) is 0 Å². The number of hydrogen-bond donors (Lipinski definition) is 1. The number of rotatable bonds is 2. The predicted molar refractivity (Wildman–Crippen MR) is 92.0 cm³/mol. The first-order valence-corrected chi connectivity index (χ1v) is 8.54. The fraction of sp³-hybridized carbons (Fsp3) is 0.647. The van der Waals surface area contributed by atoms with Crippen molar-refractivity contribution in [1.82, 2.24) is 5.32 Å². The lowest BCUT2D eigenvalue weighted by Crippen LogP contribution is -2.41. The van der Waals surface area contributed by atoms with Crippen molar-refractivity contribution in [3.05, 3.63) is 28.8 Å². The first-order valence-electron chi connectivity index (χ1n) is 8.16. The van der Waals surface area contributed by atoms with Gasteiger partial charge in [0.15, 0.2) is 0 Å². The van der Waals surface area contributed by atoms with E-state index in [0.717, 1.165) is 36.4 Å². The quantitative estimate of drug-likeness (QED) is 0.849. The Hall–Kier alpha value is -0.545. The molecule has 5 heteroatoms. The van der Waals surface area contributed by atoms with E-state index in [1.165, 1.54) is 5.56 Å². The Morgan fingerprint density at radius 2 is 1.68 bits per heavy atom. The molecule has 2 aliphatic heterocycles. The van der Waals surface area contributed by atoms with Crippen molar-refractivity contribution in [3.63, 3.8) is 0 Å². The molecule has 0 bridgehead atoms. The van der Waals surface area contributed by atoms with Gasteiger partial charge in [-0.1, -0.05) is 17.7 Å². The van der Waals surface area contributed by atoms with Crippen LogP contribution in [0.5, 0.6) is 0 Å². The zero-order chi connectivity index (χ0) is 16.0. The Balaban J connectivity index is 1.94. The average molecular weight is 322 g/mol. The van der Waals surface area contributed by atoms with Crippen LogP contribution in [0.25, 0.3) is 0 Å². The van der Waals surface area contributed by atoms with Crippen molar-refractivity contribution in [2.75, 3.05) is 13.1 Å². The molecule has 0 aromatic heterocycles. The molecule has 0 spiro atoms. The van der Waals surface area contributed by atoms with E-state index >= 15 is 0 Å². The Kier molecular flexibility index (Phi) is 4.32. The van der Waals surface area contributed by atoms with Crippen LogP contribution in [0, 0.1) is 0 Å². The van der Waals surface area contributed by atoms with Gasteiger partial charge < -0.3 is 14.6 Å². The molecule has 0 amide bonds. The minimum atomic E-state index is -0.339. The first-order chi connectivity index (χ1) is 10.3. The summed E-state index contributed by atoms with van der Waals surface area (Å²) in [5, 5.41) is 4.16. The zero-order valence-electron chi connectivity index (χ0n) is 13.9. The molecular weight excluding hydrogens is 296 g/mol. The van der Waals surface area contributed by atoms with Gasteiger partial charge in [0.25, 0.3) is 0 Å². The van der Waals surface area contributed by atoms with E-state index in [-0.39, 0.29) is 18.3 Å². The van der Waals surface area contributed by atoms with E-state index < -0.39 is 0 Å². The van der Waals surface area contributed by atoms with Crippen LogP contribution in [0.3, 0.4) is 0 Å². The summed E-state index contributed by atoms with van der Waals surface area (Å²) in [5.74, 6) is 0.549. The summed E-state index contributed by atoms with van der Waals surface area (Å²) in [6.07, 6.45) is 2.29. The molecule has 0 atom stereocenters. The summed E-state index contributed by atoms with van der Waals surface area (Å²) in [7, 11) is -0.339. The van der Waals surface area contributed by atoms with E-state index in [9.17, 15) is 0 Å². The Labute approximate surface area is 138 Å². The second-order valence-corrected chi connectivity index (χ2v) is 7.82. The molecule has 2 aliphatic rings. The number of hydrogen-bond acceptors (Lipinski definition) is 3. The summed E-state index contributed by atoms with van der Waals surface area (Å²) < 4.78 is 12.5. The van der Waals surface area contributed by atoms with Crippen LogP contribution < -0.4 is 10.8 Å². The van der Waals surface area contributed by atoms with Crippen LogP contribution >= 0.6 is 11.6 Å². The van der Waals surface area contributed by atoms with Crippen LogP contribution in [-0.2, 0) is 9.31 Å². The van der Waals surface area contributed by atoms with Crippen molar-refractivity contribution in [3.8, 4) is 0 Å². The first kappa shape index (κ1) is 16.3. The van der Waals surface area contributed by atoms with Crippen molar-refractivity contribution in [2.24, 2.45) is 0 Å². The Morgan fingerprint density at radius 1 is 1.09 bits per heavy atom. The molecule has 22 heavy (non-hydrogen) atoms. The van der Waals surface area contributed by atoms with Crippen molar-refractivity contribution in [2.45, 2.75) is 57.7 Å². The molecule has 1 N–H and O–H groups in total. The normalized spacial score (nSPS) is 24.7. The molecule has 0 saturated carbocycles. The van der Waals surface area contributed by atoms with Crippen LogP contribution in [0.4, 0.5) is 0 Å². The van der Waals surface area contributed by atoms with Crippen LogP contribution in [0.15, 0.2) is 18.2 Å². The predicted octanol–water partition coefficient (Wildman–Crippen LogP) is 3.11. The monoisotopic (exact) mass is 321 g/mol. The van der Waals surface area contributed by atoms with Gasteiger partial charge in [-0.05, 0) is 82.7 Å². The number of halogens is 1. The number of benzene rings is 1. The minimum Gasteiger partial charge on any atom is -0.399 e. The van der Waals surface area contributed by atoms with Gasteiger partial charge in [0.2, 0.25) is 0 Å². The molecule has 3 nitrogen and oxygen atoms in total. The Bertz CT molecular complexity index is 540. The van der Waals surface area contributed by atoms with Crippen molar-refractivity contribution < 1.29 is 9.31 Å². The third kappa shape index (κ3) is 2.94. The smallest absolute Gasteiger partial charge is 0.399 e. The highest BCUT2D eigenvalue weighted by atomic mass is 35.5. The van der Waals surface area contributed by atoms with Crippen molar-refractivity contribution in [1.29, 1.82) is 0 Å². The molecule has 3 rings (SSSR count). The molecular formula is C17H25BClNO2. The van der Waals surface area contributed by atoms with Crippen LogP contribution in [-0.4, -0.2) is 31.4 Å². The number of piperidine rings is 1. The lowest BCUT2D eigenvalue weighted by molar-refractivity contribution is 0.00578. The summed E-state index contributed by atoms with van der Waals surface area (Å²) in [6, 6.07) is 6.15. The summed E-state index contributed by atoms with van der Waals surface area (Å²) in [4.78, 5) is 0. The van der Waals surface area contributed by atoms with Crippen LogP contribution in [0.2, 0.25) is 5.02 Å². The van der Waals surface area contributed by atoms with E-state index in [1.807, 2.05) is 12.1 Å². The second kappa shape index (κ2) is 5.83. The molecule has 2 fully saturated rings. The van der Waals surface area contributed by atoms with E-state index in [2.05, 4.69) is 39.1 Å². The van der Waals surface area contributed by atoms with E-state index in [0.29, 0.717) is 5.92 Å². The van der Waals surface area contributed by atoms with Gasteiger partial charge in [-0.3, -0.25) is 0 Å². The van der Waals surface area contributed by atoms with E-state index in [1.54, 1.807) is 0 Å². The summed E-state index contributed by atoms with van der Waals surface area (Å²) >= 11 is 6.25. The fourth-order valence-electron chi connectivity index (χ4n) is 3.22. The maximum Gasteiger partial charge on any atom is 0.495 e. The molecule has 0 radical (unpaired) electrons. The van der Waals surface area contributed by atoms with Gasteiger partial charge >= 0.3 is 7.12 Å². The SMILES string of the molecule is CC1(C)OB(c2cc(Cl)ccc2C2CCNCC2)OC1(C)C. The lowest BCUT2D eigenvalue weighted by atomic mass is 9.71. The maximum atomic E-state index is 6.25. The topological polar surface area (TPSA) is 30.5 Å². The second-order valence-electron chi connectivity index (χ2n) is 7.39. The highest BCUT2D eigenvalue weighted by Gasteiger charge is 2.52. The highest BCUT2D eigenvalue weighted by molar-refractivity contribution is 6.63. The van der Waals surface area contributed by atoms with Crippen LogP contribution in [0.1, 0.15) is 52.0 Å². The minimum absolute atomic E-state index is 0.328. The standard InChI is InChI=1S/C17H25BClNO2/c1-16(2)17(3,4)22-18(21-16)15-11-13(19)5-6-14(15)12-7-9-20-10-8-12/h5-6,11-12,20H,7-10H2,1-4H3. The van der Waals surface area contributed by atoms with Gasteiger partial charge in [-0.2, -0.15) is 0 Å². The summed E-state index contributed by atoms with van der Waals surface area (Å²) in [5.41, 5.74) is 1.76. The van der Waals surface area contributed by atoms with Gasteiger partial charge in [0, 0.05) is 5.02 Å². The fourth-order valence-corrected chi connectivity index (χ4v) is 3.41. The molecule has 120 valence electrons. The van der Waals surface area contributed by atoms with E-state index in [4.69, 9.17) is 20.9 Å². The molecule has 2 heterocycles. The molecule has 0 aliphatic carbocycles. The lowest BCUT2D eigenvalue weighted by Gasteiger charge is -2.32. The average Bonchev–Trinajstić information content (AvgIpc) is 2.68. The third-order valence-corrected chi connectivity index (χ3v) is 5.57. The maximum absolute atomic E-state index is 6.25. The third-order valence-electron chi connectivity index (χ3n) is 5.33. The Morgan fingerprint density at radius 3 is 2.27 bits per heavy atom. The van der Waals surface area contributed by atoms with Gasteiger partial charge in [-0.15, -0.1) is 0 Å². The van der Waals surface area contributed by atoms with Gasteiger partial charge in [0.05, 0.1) is 11.2 Å². The van der Waals surface area contributed by atoms with Gasteiger partial charge in [0.1, 0.15) is 0 Å². The molecule has 1 aromatic rings. The number of nitrogens with one attached hydrogen (secondary N) is 1.